The zero-order valence-corrected chi connectivity index (χ0v) is 19.9. The number of aliphatic hydroxyl groups is 1. The SMILES string of the molecule is Cn1cnnc1[C@@H](c1cccc(N2Cc3c(cc(CNCCO)cc3C(F)(F)F)C2=O)c1)C1CCC1. The molecule has 190 valence electrons. The lowest BCUT2D eigenvalue weighted by molar-refractivity contribution is -0.138. The molecule has 5 rings (SSSR count). The minimum Gasteiger partial charge on any atom is -0.395 e. The van der Waals surface area contributed by atoms with Gasteiger partial charge in [0.2, 0.25) is 0 Å². The van der Waals surface area contributed by atoms with Gasteiger partial charge in [-0.15, -0.1) is 10.2 Å². The zero-order chi connectivity index (χ0) is 25.4. The molecule has 0 saturated heterocycles. The molecule has 2 heterocycles. The molecule has 0 radical (unpaired) electrons. The van der Waals surface area contributed by atoms with Gasteiger partial charge in [-0.2, -0.15) is 13.2 Å². The first-order valence-electron chi connectivity index (χ1n) is 12.1. The van der Waals surface area contributed by atoms with E-state index in [-0.39, 0.29) is 43.3 Å². The van der Waals surface area contributed by atoms with Crippen LogP contribution in [0.2, 0.25) is 0 Å². The number of carbonyl (C=O) groups excluding carboxylic acids is 1. The van der Waals surface area contributed by atoms with Crippen molar-refractivity contribution in [3.05, 3.63) is 76.4 Å². The first-order valence-corrected chi connectivity index (χ1v) is 12.1. The highest BCUT2D eigenvalue weighted by Gasteiger charge is 2.41. The van der Waals surface area contributed by atoms with Crippen molar-refractivity contribution in [3.63, 3.8) is 0 Å². The number of aryl methyl sites for hydroxylation is 1. The lowest BCUT2D eigenvalue weighted by atomic mass is 9.72. The van der Waals surface area contributed by atoms with Crippen molar-refractivity contribution in [1.82, 2.24) is 20.1 Å². The van der Waals surface area contributed by atoms with Crippen LogP contribution in [0.1, 0.15) is 63.6 Å². The second kappa shape index (κ2) is 9.67. The van der Waals surface area contributed by atoms with E-state index in [2.05, 4.69) is 15.5 Å². The van der Waals surface area contributed by atoms with E-state index in [1.165, 1.54) is 11.0 Å². The maximum Gasteiger partial charge on any atom is 0.416 e. The van der Waals surface area contributed by atoms with Crippen molar-refractivity contribution in [3.8, 4) is 0 Å². The Labute approximate surface area is 207 Å². The first-order chi connectivity index (χ1) is 17.3. The average molecular weight is 500 g/mol. The molecule has 2 N–H and O–H groups in total. The molecule has 0 bridgehead atoms. The van der Waals surface area contributed by atoms with E-state index in [4.69, 9.17) is 5.11 Å². The van der Waals surface area contributed by atoms with Gasteiger partial charge in [0.05, 0.1) is 18.7 Å². The lowest BCUT2D eigenvalue weighted by Crippen LogP contribution is -2.25. The van der Waals surface area contributed by atoms with Gasteiger partial charge in [-0.05, 0) is 59.7 Å². The molecule has 2 aliphatic rings. The van der Waals surface area contributed by atoms with Crippen molar-refractivity contribution in [2.45, 2.75) is 44.4 Å². The van der Waals surface area contributed by atoms with E-state index in [0.29, 0.717) is 17.2 Å². The zero-order valence-electron chi connectivity index (χ0n) is 19.9. The van der Waals surface area contributed by atoms with Crippen LogP contribution in [-0.2, 0) is 26.3 Å². The van der Waals surface area contributed by atoms with E-state index in [0.717, 1.165) is 36.7 Å². The van der Waals surface area contributed by atoms with Gasteiger partial charge in [-0.25, -0.2) is 0 Å². The van der Waals surface area contributed by atoms with E-state index in [1.807, 2.05) is 29.8 Å². The van der Waals surface area contributed by atoms with Gasteiger partial charge in [0.1, 0.15) is 12.2 Å². The predicted molar refractivity (Wildman–Crippen MR) is 127 cm³/mol. The van der Waals surface area contributed by atoms with Crippen molar-refractivity contribution in [1.29, 1.82) is 0 Å². The van der Waals surface area contributed by atoms with Crippen LogP contribution in [0, 0.1) is 5.92 Å². The Bertz CT molecular complexity index is 1270. The minimum absolute atomic E-state index is 0.00113. The smallest absolute Gasteiger partial charge is 0.395 e. The number of aromatic nitrogens is 3. The van der Waals surface area contributed by atoms with Crippen molar-refractivity contribution in [2.24, 2.45) is 13.0 Å². The number of nitrogens with zero attached hydrogens (tertiary/aromatic N) is 4. The molecule has 1 aromatic heterocycles. The third kappa shape index (κ3) is 4.51. The second-order valence-corrected chi connectivity index (χ2v) is 9.52. The van der Waals surface area contributed by atoms with Crippen LogP contribution < -0.4 is 10.2 Å². The number of fused-ring (bicyclic) bond motifs is 1. The number of amides is 1. The summed E-state index contributed by atoms with van der Waals surface area (Å²) in [6, 6.07) is 10.1. The summed E-state index contributed by atoms with van der Waals surface area (Å²) >= 11 is 0. The molecular weight excluding hydrogens is 471 g/mol. The molecule has 7 nitrogen and oxygen atoms in total. The Hall–Kier alpha value is -3.24. The highest BCUT2D eigenvalue weighted by Crippen LogP contribution is 2.44. The van der Waals surface area contributed by atoms with Gasteiger partial charge >= 0.3 is 6.18 Å². The summed E-state index contributed by atoms with van der Waals surface area (Å²) in [6.45, 7) is 0.102. The summed E-state index contributed by atoms with van der Waals surface area (Å²) in [5.41, 5.74) is 1.16. The minimum atomic E-state index is -4.59. The average Bonchev–Trinajstić information content (AvgIpc) is 3.38. The number of hydrogen-bond donors (Lipinski definition) is 2. The Morgan fingerprint density at radius 2 is 2.03 bits per heavy atom. The number of carbonyl (C=O) groups is 1. The summed E-state index contributed by atoms with van der Waals surface area (Å²) in [5.74, 6) is 0.796. The number of nitrogens with one attached hydrogen (secondary N) is 1. The molecular formula is C26H28F3N5O2. The standard InChI is InChI=1S/C26H28F3N5O2/c1-33-15-31-32-24(33)23(17-4-2-5-17)18-6-3-7-19(12-18)34-14-21-20(25(34)36)10-16(13-30-8-9-35)11-22(21)26(27,28)29/h3,6-7,10-12,15,17,23,30,35H,2,4-5,8-9,13-14H2,1H3/t23-/m1/s1. The molecule has 10 heteroatoms. The highest BCUT2D eigenvalue weighted by atomic mass is 19.4. The summed E-state index contributed by atoms with van der Waals surface area (Å²) in [6.07, 6.45) is 0.358. The van der Waals surface area contributed by atoms with Gasteiger partial charge in [0.15, 0.2) is 0 Å². The summed E-state index contributed by atoms with van der Waals surface area (Å²) in [7, 11) is 1.90. The summed E-state index contributed by atoms with van der Waals surface area (Å²) in [5, 5.41) is 20.2. The molecule has 36 heavy (non-hydrogen) atoms. The number of aliphatic hydroxyl groups excluding tert-OH is 1. The fourth-order valence-corrected chi connectivity index (χ4v) is 5.21. The van der Waals surface area contributed by atoms with Crippen LogP contribution in [0.25, 0.3) is 0 Å². The molecule has 1 aliphatic heterocycles. The highest BCUT2D eigenvalue weighted by molar-refractivity contribution is 6.10. The van der Waals surface area contributed by atoms with Crippen molar-refractivity contribution in [2.75, 3.05) is 18.1 Å². The quantitative estimate of drug-likeness (QED) is 0.458. The van der Waals surface area contributed by atoms with Crippen LogP contribution in [-0.4, -0.2) is 38.9 Å². The second-order valence-electron chi connectivity index (χ2n) is 9.52. The Balaban J connectivity index is 1.50. The van der Waals surface area contributed by atoms with Crippen LogP contribution >= 0.6 is 0 Å². The van der Waals surface area contributed by atoms with Crippen LogP contribution in [0.4, 0.5) is 18.9 Å². The topological polar surface area (TPSA) is 83.3 Å². The number of hydrogen-bond acceptors (Lipinski definition) is 5. The molecule has 1 amide bonds. The number of halogens is 3. The largest absolute Gasteiger partial charge is 0.416 e. The predicted octanol–water partition coefficient (Wildman–Crippen LogP) is 4.01. The number of benzene rings is 2. The van der Waals surface area contributed by atoms with Crippen LogP contribution in [0.3, 0.4) is 0 Å². The third-order valence-corrected chi connectivity index (χ3v) is 7.21. The van der Waals surface area contributed by atoms with Crippen molar-refractivity contribution >= 4 is 11.6 Å². The summed E-state index contributed by atoms with van der Waals surface area (Å²) in [4.78, 5) is 14.8. The number of alkyl halides is 3. The van der Waals surface area contributed by atoms with Gasteiger partial charge in [0.25, 0.3) is 5.91 Å². The van der Waals surface area contributed by atoms with Crippen LogP contribution in [0.5, 0.6) is 0 Å². The Kier molecular flexibility index (Phi) is 6.57. The number of rotatable bonds is 8. The summed E-state index contributed by atoms with van der Waals surface area (Å²) < 4.78 is 43.8. The first kappa shape index (κ1) is 24.5. The number of anilines is 1. The van der Waals surface area contributed by atoms with Crippen molar-refractivity contribution < 1.29 is 23.1 Å². The van der Waals surface area contributed by atoms with Gasteiger partial charge in [-0.3, -0.25) is 4.79 Å². The van der Waals surface area contributed by atoms with Gasteiger partial charge in [0, 0.05) is 37.3 Å². The van der Waals surface area contributed by atoms with E-state index in [1.54, 1.807) is 12.4 Å². The molecule has 2 aromatic carbocycles. The van der Waals surface area contributed by atoms with E-state index >= 15 is 0 Å². The monoisotopic (exact) mass is 499 g/mol. The normalized spacial score (nSPS) is 16.8. The molecule has 0 spiro atoms. The molecule has 1 saturated carbocycles. The maximum absolute atomic E-state index is 14.0. The maximum atomic E-state index is 14.0. The van der Waals surface area contributed by atoms with E-state index in [9.17, 15) is 18.0 Å². The van der Waals surface area contributed by atoms with Crippen LogP contribution in [0.15, 0.2) is 42.7 Å². The lowest BCUT2D eigenvalue weighted by Gasteiger charge is -2.33. The fourth-order valence-electron chi connectivity index (χ4n) is 5.21. The molecule has 1 aliphatic carbocycles. The molecule has 0 unspecified atom stereocenters. The van der Waals surface area contributed by atoms with E-state index < -0.39 is 17.6 Å². The third-order valence-electron chi connectivity index (χ3n) is 7.21. The Morgan fingerprint density at radius 3 is 2.67 bits per heavy atom. The molecule has 3 aromatic rings. The fraction of sp³-hybridized carbons (Fsp3) is 0.423. The molecule has 1 atom stereocenters. The van der Waals surface area contributed by atoms with Gasteiger partial charge < -0.3 is 19.9 Å². The van der Waals surface area contributed by atoms with Gasteiger partial charge in [-0.1, -0.05) is 18.6 Å². The molecule has 1 fully saturated rings. The Morgan fingerprint density at radius 1 is 1.22 bits per heavy atom.